The standard InChI is InChI=1S/2C13H24O2.C12H22O2/c1-10-6-5-7-11(2)13(10)14-8-12(3,4)9-15-13;1-9-6-5-7-10(2)13(9)14-11(3)8-12(4)15-13;1-8-6-5-7-9(2)12(8)13-10(3)11(4)14-12/h10-11H,5-9H2,1-4H3;9-12H,5-8H2,1-4H3;8-11H,5-7H2,1-4H3. The molecular formula is C38H70O6. The molecule has 3 saturated carbocycles. The van der Waals surface area contributed by atoms with Gasteiger partial charge in [0.15, 0.2) is 17.4 Å². The summed E-state index contributed by atoms with van der Waals surface area (Å²) in [6.07, 6.45) is 13.6. The monoisotopic (exact) mass is 623 g/mol. The van der Waals surface area contributed by atoms with Crippen LogP contribution in [0.25, 0.3) is 0 Å². The topological polar surface area (TPSA) is 55.4 Å². The number of hydrogen-bond donors (Lipinski definition) is 0. The van der Waals surface area contributed by atoms with Crippen LogP contribution in [0.15, 0.2) is 0 Å². The lowest BCUT2D eigenvalue weighted by Crippen LogP contribution is -2.56. The highest BCUT2D eigenvalue weighted by molar-refractivity contribution is 4.94. The third-order valence-electron chi connectivity index (χ3n) is 12.2. The molecule has 0 bridgehead atoms. The van der Waals surface area contributed by atoms with Crippen LogP contribution in [0.5, 0.6) is 0 Å². The molecule has 0 aromatic rings. The van der Waals surface area contributed by atoms with E-state index in [4.69, 9.17) is 28.4 Å². The van der Waals surface area contributed by atoms with Gasteiger partial charge in [0.05, 0.1) is 37.6 Å². The molecule has 3 aliphatic heterocycles. The van der Waals surface area contributed by atoms with Gasteiger partial charge in [0.1, 0.15) is 0 Å². The molecule has 0 aromatic heterocycles. The summed E-state index contributed by atoms with van der Waals surface area (Å²) in [4.78, 5) is 0. The zero-order valence-electron chi connectivity index (χ0n) is 30.7. The molecular weight excluding hydrogens is 552 g/mol. The maximum atomic E-state index is 6.19. The van der Waals surface area contributed by atoms with Crippen molar-refractivity contribution in [2.45, 2.75) is 189 Å². The van der Waals surface area contributed by atoms with E-state index in [0.717, 1.165) is 19.6 Å². The quantitative estimate of drug-likeness (QED) is 0.268. The molecule has 44 heavy (non-hydrogen) atoms. The lowest BCUT2D eigenvalue weighted by molar-refractivity contribution is -0.361. The first-order valence-corrected chi connectivity index (χ1v) is 18.6. The molecule has 3 heterocycles. The van der Waals surface area contributed by atoms with Gasteiger partial charge in [0.25, 0.3) is 0 Å². The predicted octanol–water partition coefficient (Wildman–Crippen LogP) is 9.53. The highest BCUT2D eigenvalue weighted by atomic mass is 16.8. The minimum atomic E-state index is -0.282. The molecule has 0 aromatic carbocycles. The van der Waals surface area contributed by atoms with Crippen molar-refractivity contribution < 1.29 is 28.4 Å². The van der Waals surface area contributed by atoms with Gasteiger partial charge in [0, 0.05) is 40.9 Å². The van der Waals surface area contributed by atoms with Crippen molar-refractivity contribution in [1.82, 2.24) is 0 Å². The third kappa shape index (κ3) is 7.57. The van der Waals surface area contributed by atoms with Crippen molar-refractivity contribution in [2.24, 2.45) is 40.9 Å². The van der Waals surface area contributed by atoms with Crippen molar-refractivity contribution in [3.05, 3.63) is 0 Å². The molecule has 6 heteroatoms. The van der Waals surface area contributed by atoms with E-state index in [1.807, 2.05) is 0 Å². The molecule has 6 aliphatic rings. The van der Waals surface area contributed by atoms with Crippen molar-refractivity contribution in [3.8, 4) is 0 Å². The Hall–Kier alpha value is -0.240. The van der Waals surface area contributed by atoms with Gasteiger partial charge in [-0.05, 0) is 72.6 Å². The molecule has 0 amide bonds. The van der Waals surface area contributed by atoms with Crippen LogP contribution in [0.4, 0.5) is 0 Å². The zero-order valence-corrected chi connectivity index (χ0v) is 30.7. The van der Waals surface area contributed by atoms with Gasteiger partial charge in [0.2, 0.25) is 0 Å². The van der Waals surface area contributed by atoms with E-state index in [2.05, 4.69) is 83.1 Å². The molecule has 10 atom stereocenters. The van der Waals surface area contributed by atoms with Gasteiger partial charge in [-0.15, -0.1) is 0 Å². The van der Waals surface area contributed by atoms with E-state index < -0.39 is 0 Å². The van der Waals surface area contributed by atoms with Gasteiger partial charge < -0.3 is 28.4 Å². The summed E-state index contributed by atoms with van der Waals surface area (Å²) in [5.41, 5.74) is 0.183. The van der Waals surface area contributed by atoms with Crippen LogP contribution in [-0.2, 0) is 28.4 Å². The smallest absolute Gasteiger partial charge is 0.174 e. The lowest BCUT2D eigenvalue weighted by atomic mass is 9.76. The molecule has 6 nitrogen and oxygen atoms in total. The van der Waals surface area contributed by atoms with Gasteiger partial charge >= 0.3 is 0 Å². The highest BCUT2D eigenvalue weighted by Crippen LogP contribution is 2.48. The van der Waals surface area contributed by atoms with Gasteiger partial charge in [-0.3, -0.25) is 0 Å². The normalized spacial score (nSPS) is 48.3. The summed E-state index contributed by atoms with van der Waals surface area (Å²) in [5.74, 6) is 2.41. The average Bonchev–Trinajstić information content (AvgIpc) is 3.25. The van der Waals surface area contributed by atoms with Crippen LogP contribution >= 0.6 is 0 Å². The summed E-state index contributed by atoms with van der Waals surface area (Å²) in [6.45, 7) is 28.3. The molecule has 258 valence electrons. The van der Waals surface area contributed by atoms with E-state index in [1.54, 1.807) is 0 Å². The second-order valence-corrected chi connectivity index (χ2v) is 16.8. The first-order valence-electron chi connectivity index (χ1n) is 18.6. The van der Waals surface area contributed by atoms with Crippen LogP contribution in [0, 0.1) is 40.9 Å². The second kappa shape index (κ2) is 14.5. The van der Waals surface area contributed by atoms with Crippen LogP contribution in [0.2, 0.25) is 0 Å². The highest BCUT2D eigenvalue weighted by Gasteiger charge is 2.53. The minimum Gasteiger partial charge on any atom is -0.349 e. The molecule has 0 radical (unpaired) electrons. The number of hydrogen-bond acceptors (Lipinski definition) is 6. The summed E-state index contributed by atoms with van der Waals surface area (Å²) in [6, 6.07) is 0. The molecule has 3 saturated heterocycles. The summed E-state index contributed by atoms with van der Waals surface area (Å²) in [7, 11) is 0. The Kier molecular flexibility index (Phi) is 12.0. The Morgan fingerprint density at radius 3 is 1.05 bits per heavy atom. The van der Waals surface area contributed by atoms with Crippen LogP contribution < -0.4 is 0 Å². The summed E-state index contributed by atoms with van der Waals surface area (Å²) in [5, 5.41) is 0. The Morgan fingerprint density at radius 1 is 0.409 bits per heavy atom. The molecule has 0 N–H and O–H groups in total. The Balaban J connectivity index is 0.000000151. The van der Waals surface area contributed by atoms with Crippen LogP contribution in [0.3, 0.4) is 0 Å². The Labute approximate surface area is 271 Å². The van der Waals surface area contributed by atoms with E-state index in [0.29, 0.717) is 47.7 Å². The van der Waals surface area contributed by atoms with Crippen molar-refractivity contribution in [3.63, 3.8) is 0 Å². The average molecular weight is 623 g/mol. The summed E-state index contributed by atoms with van der Waals surface area (Å²) >= 11 is 0. The number of rotatable bonds is 0. The third-order valence-corrected chi connectivity index (χ3v) is 12.2. The zero-order chi connectivity index (χ0) is 32.5. The van der Waals surface area contributed by atoms with Gasteiger partial charge in [-0.25, -0.2) is 0 Å². The predicted molar refractivity (Wildman–Crippen MR) is 177 cm³/mol. The molecule has 10 unspecified atom stereocenters. The van der Waals surface area contributed by atoms with E-state index in [-0.39, 0.29) is 35.0 Å². The maximum absolute atomic E-state index is 6.19. The minimum absolute atomic E-state index is 0.183. The van der Waals surface area contributed by atoms with Crippen LogP contribution in [0.1, 0.15) is 147 Å². The first kappa shape index (κ1) is 36.6. The fourth-order valence-electron chi connectivity index (χ4n) is 9.07. The second-order valence-electron chi connectivity index (χ2n) is 16.8. The molecule has 6 rings (SSSR count). The Morgan fingerprint density at radius 2 is 0.705 bits per heavy atom. The fourth-order valence-corrected chi connectivity index (χ4v) is 9.07. The Bertz CT molecular complexity index is 838. The maximum Gasteiger partial charge on any atom is 0.174 e. The fraction of sp³-hybridized carbons (Fsp3) is 1.00. The number of ether oxygens (including phenoxy) is 6. The van der Waals surface area contributed by atoms with Crippen LogP contribution in [-0.4, -0.2) is 55.0 Å². The van der Waals surface area contributed by atoms with Crippen molar-refractivity contribution >= 4 is 0 Å². The van der Waals surface area contributed by atoms with E-state index in [9.17, 15) is 0 Å². The van der Waals surface area contributed by atoms with E-state index in [1.165, 1.54) is 57.8 Å². The van der Waals surface area contributed by atoms with Gasteiger partial charge in [-0.2, -0.15) is 0 Å². The van der Waals surface area contributed by atoms with Gasteiger partial charge in [-0.1, -0.05) is 74.7 Å². The summed E-state index contributed by atoms with van der Waals surface area (Å²) < 4.78 is 36.8. The molecule has 3 aliphatic carbocycles. The van der Waals surface area contributed by atoms with E-state index >= 15 is 0 Å². The largest absolute Gasteiger partial charge is 0.349 e. The SMILES string of the molecule is CC1CC(C)OC2(O1)C(C)CCCC2C.CC1CCCC(C)C12OCC(C)(C)CO2.CC1OC2(OC1C)C(C)CCCC2C. The van der Waals surface area contributed by atoms with Crippen molar-refractivity contribution in [2.75, 3.05) is 13.2 Å². The molecule has 3 spiro atoms. The lowest BCUT2D eigenvalue weighted by Gasteiger charge is -2.52. The van der Waals surface area contributed by atoms with Crippen molar-refractivity contribution in [1.29, 1.82) is 0 Å². The first-order chi connectivity index (χ1) is 20.6. The molecule has 6 fully saturated rings.